The third-order valence-electron chi connectivity index (χ3n) is 5.15. The van der Waals surface area contributed by atoms with Gasteiger partial charge in [-0.1, -0.05) is 0 Å². The summed E-state index contributed by atoms with van der Waals surface area (Å²) < 4.78 is 8.63. The molecule has 4 heterocycles. The van der Waals surface area contributed by atoms with E-state index >= 15 is 0 Å². The first kappa shape index (κ1) is 19.6. The Morgan fingerprint density at radius 1 is 1.37 bits per heavy atom. The summed E-state index contributed by atoms with van der Waals surface area (Å²) in [4.78, 5) is 22.6. The van der Waals surface area contributed by atoms with Crippen LogP contribution in [0.25, 0.3) is 11.3 Å². The molecule has 1 aliphatic heterocycles. The zero-order valence-electron chi connectivity index (χ0n) is 16.8. The van der Waals surface area contributed by atoms with E-state index < -0.39 is 5.54 Å². The molecular weight excluding hydrogens is 384 g/mol. The number of carbonyl (C=O) groups is 1. The smallest absolute Gasteiger partial charge is 0.248 e. The van der Waals surface area contributed by atoms with Crippen LogP contribution in [0.3, 0.4) is 0 Å². The standard InChI is InChI=1S/C20H22N8O2/c1-26-11-16(9-23-26)24-19-22-7-3-17(25-19)15-4-8-28(10-15)20(5-6-21)13-27(14-20)18(29)12-30-2/h3-4,7-11H,5,12-14H2,1-2H3,(H,22,24,25). The maximum Gasteiger partial charge on any atom is 0.248 e. The van der Waals surface area contributed by atoms with E-state index in [1.807, 2.05) is 42.3 Å². The fourth-order valence-electron chi connectivity index (χ4n) is 3.61. The lowest BCUT2D eigenvalue weighted by atomic mass is 9.86. The maximum absolute atomic E-state index is 12.0. The largest absolute Gasteiger partial charge is 0.375 e. The average Bonchev–Trinajstić information content (AvgIpc) is 3.34. The van der Waals surface area contributed by atoms with Crippen molar-refractivity contribution in [3.8, 4) is 17.3 Å². The van der Waals surface area contributed by atoms with Gasteiger partial charge in [-0.15, -0.1) is 0 Å². The molecule has 3 aromatic heterocycles. The van der Waals surface area contributed by atoms with Gasteiger partial charge in [0.2, 0.25) is 11.9 Å². The van der Waals surface area contributed by atoms with Gasteiger partial charge in [-0.25, -0.2) is 9.97 Å². The summed E-state index contributed by atoms with van der Waals surface area (Å²) in [5.41, 5.74) is 2.04. The van der Waals surface area contributed by atoms with Gasteiger partial charge in [-0.05, 0) is 12.1 Å². The Balaban J connectivity index is 1.53. The highest BCUT2D eigenvalue weighted by atomic mass is 16.5. The van der Waals surface area contributed by atoms with Crippen molar-refractivity contribution in [1.82, 2.24) is 29.2 Å². The van der Waals surface area contributed by atoms with Gasteiger partial charge in [0.15, 0.2) is 0 Å². The number of methoxy groups -OCH3 is 1. The molecule has 3 aromatic rings. The lowest BCUT2D eigenvalue weighted by molar-refractivity contribution is -0.146. The summed E-state index contributed by atoms with van der Waals surface area (Å²) in [6, 6.07) is 6.04. The Bertz CT molecular complexity index is 1090. The molecule has 154 valence electrons. The number of hydrogen-bond acceptors (Lipinski definition) is 7. The quantitative estimate of drug-likeness (QED) is 0.633. The zero-order chi connectivity index (χ0) is 21.1. The van der Waals surface area contributed by atoms with Crippen molar-refractivity contribution in [3.05, 3.63) is 43.1 Å². The summed E-state index contributed by atoms with van der Waals surface area (Å²) in [5.74, 6) is 0.403. The van der Waals surface area contributed by atoms with Crippen molar-refractivity contribution in [3.63, 3.8) is 0 Å². The minimum absolute atomic E-state index is 0.0488. The summed E-state index contributed by atoms with van der Waals surface area (Å²) in [5, 5.41) is 16.6. The van der Waals surface area contributed by atoms with Crippen molar-refractivity contribution in [2.45, 2.75) is 12.0 Å². The van der Waals surface area contributed by atoms with Gasteiger partial charge >= 0.3 is 0 Å². The third kappa shape index (κ3) is 3.75. The number of ether oxygens (including phenoxy) is 1. The van der Waals surface area contributed by atoms with E-state index in [4.69, 9.17) is 4.74 Å². The van der Waals surface area contributed by atoms with E-state index in [2.05, 4.69) is 26.5 Å². The number of nitrogens with one attached hydrogen (secondary N) is 1. The number of rotatable bonds is 7. The number of aryl methyl sites for hydroxylation is 1. The minimum Gasteiger partial charge on any atom is -0.375 e. The number of amides is 1. The molecule has 0 bridgehead atoms. The predicted molar refractivity (Wildman–Crippen MR) is 109 cm³/mol. The Morgan fingerprint density at radius 2 is 2.20 bits per heavy atom. The van der Waals surface area contributed by atoms with E-state index in [9.17, 15) is 10.1 Å². The van der Waals surface area contributed by atoms with Crippen LogP contribution in [0, 0.1) is 11.3 Å². The normalized spacial score (nSPS) is 14.8. The number of hydrogen-bond donors (Lipinski definition) is 1. The van der Waals surface area contributed by atoms with Crippen LogP contribution in [-0.2, 0) is 22.1 Å². The van der Waals surface area contributed by atoms with Crippen molar-refractivity contribution in [1.29, 1.82) is 5.26 Å². The molecule has 0 atom stereocenters. The maximum atomic E-state index is 12.0. The van der Waals surface area contributed by atoms with E-state index in [-0.39, 0.29) is 12.5 Å². The number of likely N-dealkylation sites (tertiary alicyclic amines) is 1. The van der Waals surface area contributed by atoms with Gasteiger partial charge in [0.1, 0.15) is 6.61 Å². The molecule has 30 heavy (non-hydrogen) atoms. The first-order valence-electron chi connectivity index (χ1n) is 9.44. The summed E-state index contributed by atoms with van der Waals surface area (Å²) in [6.45, 7) is 1.01. The Morgan fingerprint density at radius 3 is 2.90 bits per heavy atom. The van der Waals surface area contributed by atoms with Crippen molar-refractivity contribution >= 4 is 17.5 Å². The molecule has 1 saturated heterocycles. The van der Waals surface area contributed by atoms with Crippen LogP contribution in [0.15, 0.2) is 43.1 Å². The van der Waals surface area contributed by atoms with Gasteiger partial charge < -0.3 is 19.5 Å². The topological polar surface area (TPSA) is 114 Å². The Kier molecular flexibility index (Phi) is 5.20. The number of nitrogens with zero attached hydrogens (tertiary/aromatic N) is 7. The van der Waals surface area contributed by atoms with Crippen LogP contribution in [0.1, 0.15) is 6.42 Å². The van der Waals surface area contributed by atoms with Crippen LogP contribution in [-0.4, -0.2) is 61.9 Å². The molecule has 10 heteroatoms. The molecule has 10 nitrogen and oxygen atoms in total. The molecule has 0 spiro atoms. The zero-order valence-corrected chi connectivity index (χ0v) is 16.8. The first-order valence-corrected chi connectivity index (χ1v) is 9.44. The highest BCUT2D eigenvalue weighted by molar-refractivity contribution is 5.78. The van der Waals surface area contributed by atoms with E-state index in [0.717, 1.165) is 16.9 Å². The molecule has 0 aliphatic carbocycles. The lowest BCUT2D eigenvalue weighted by Gasteiger charge is -2.50. The molecule has 0 unspecified atom stereocenters. The summed E-state index contributed by atoms with van der Waals surface area (Å²) >= 11 is 0. The van der Waals surface area contributed by atoms with Crippen LogP contribution >= 0.6 is 0 Å². The Hall–Kier alpha value is -3.71. The second kappa shape index (κ2) is 7.96. The minimum atomic E-state index is -0.430. The van der Waals surface area contributed by atoms with Crippen molar-refractivity contribution in [2.24, 2.45) is 7.05 Å². The molecule has 4 rings (SSSR count). The Labute approximate surface area is 173 Å². The van der Waals surface area contributed by atoms with E-state index in [1.54, 1.807) is 22.0 Å². The van der Waals surface area contributed by atoms with Gasteiger partial charge in [0.25, 0.3) is 0 Å². The molecule has 1 amide bonds. The highest BCUT2D eigenvalue weighted by Crippen LogP contribution is 2.34. The number of nitriles is 1. The monoisotopic (exact) mass is 406 g/mol. The number of aromatic nitrogens is 5. The predicted octanol–water partition coefficient (Wildman–Crippen LogP) is 1.52. The summed E-state index contributed by atoms with van der Waals surface area (Å²) in [6.07, 6.45) is 9.44. The van der Waals surface area contributed by atoms with Gasteiger partial charge in [-0.2, -0.15) is 10.4 Å². The van der Waals surface area contributed by atoms with Gasteiger partial charge in [0.05, 0.1) is 35.6 Å². The second-order valence-corrected chi connectivity index (χ2v) is 7.34. The van der Waals surface area contributed by atoms with Crippen molar-refractivity contribution in [2.75, 3.05) is 32.1 Å². The van der Waals surface area contributed by atoms with E-state index in [0.29, 0.717) is 25.5 Å². The fraction of sp³-hybridized carbons (Fsp3) is 0.350. The average molecular weight is 406 g/mol. The molecule has 1 aliphatic rings. The molecule has 1 N–H and O–H groups in total. The lowest BCUT2D eigenvalue weighted by Crippen LogP contribution is -2.64. The first-order chi connectivity index (χ1) is 14.5. The second-order valence-electron chi connectivity index (χ2n) is 7.34. The fourth-order valence-corrected chi connectivity index (χ4v) is 3.61. The van der Waals surface area contributed by atoms with E-state index in [1.165, 1.54) is 7.11 Å². The molecule has 0 saturated carbocycles. The molecule has 0 radical (unpaired) electrons. The van der Waals surface area contributed by atoms with Gasteiger partial charge in [0, 0.05) is 57.6 Å². The van der Waals surface area contributed by atoms with Crippen LogP contribution in [0.5, 0.6) is 0 Å². The van der Waals surface area contributed by atoms with Crippen LogP contribution < -0.4 is 5.32 Å². The SMILES string of the molecule is COCC(=O)N1CC(CC#N)(n2ccc(-c3ccnc(Nc4cnn(C)c4)n3)c2)C1. The van der Waals surface area contributed by atoms with Crippen LogP contribution in [0.2, 0.25) is 0 Å². The molecule has 1 fully saturated rings. The van der Waals surface area contributed by atoms with Crippen molar-refractivity contribution < 1.29 is 9.53 Å². The number of carbonyl (C=O) groups excluding carboxylic acids is 1. The summed E-state index contributed by atoms with van der Waals surface area (Å²) in [7, 11) is 3.34. The third-order valence-corrected chi connectivity index (χ3v) is 5.15. The molecular formula is C20H22N8O2. The highest BCUT2D eigenvalue weighted by Gasteiger charge is 2.46. The van der Waals surface area contributed by atoms with Crippen LogP contribution in [0.4, 0.5) is 11.6 Å². The van der Waals surface area contributed by atoms with Gasteiger partial charge in [-0.3, -0.25) is 9.48 Å². The number of anilines is 2. The molecule has 0 aromatic carbocycles.